The second kappa shape index (κ2) is 10.4. The number of carbonyl (C=O) groups is 1. The second-order valence-electron chi connectivity index (χ2n) is 7.34. The highest BCUT2D eigenvalue weighted by Gasteiger charge is 2.24. The molecular weight excluding hydrogens is 410 g/mol. The third kappa shape index (κ3) is 5.05. The number of hydrogen-bond donors (Lipinski definition) is 0. The molecule has 160 valence electrons. The molecule has 0 aliphatic rings. The number of anilines is 1. The number of aromatic nitrogens is 1. The summed E-state index contributed by atoms with van der Waals surface area (Å²) < 4.78 is 1.14. The van der Waals surface area contributed by atoms with E-state index >= 15 is 0 Å². The van der Waals surface area contributed by atoms with Crippen LogP contribution in [0.1, 0.15) is 42.3 Å². The summed E-state index contributed by atoms with van der Waals surface area (Å²) in [5, 5.41) is 0.784. The molecule has 0 aliphatic carbocycles. The Morgan fingerprint density at radius 3 is 2.50 bits per heavy atom. The lowest BCUT2D eigenvalue weighted by molar-refractivity contribution is 0.0981. The molecule has 4 nitrogen and oxygen atoms in total. The van der Waals surface area contributed by atoms with E-state index in [0.29, 0.717) is 6.54 Å². The SMILES string of the molecule is CCSc1ccccc1C(=O)N(CCN(CC)CC)c1nc2c(C)cc(C)cc2s1. The minimum absolute atomic E-state index is 0.0344. The van der Waals surface area contributed by atoms with Gasteiger partial charge in [-0.05, 0) is 62.0 Å². The zero-order valence-electron chi connectivity index (χ0n) is 18.6. The molecule has 6 heteroatoms. The maximum atomic E-state index is 13.7. The predicted molar refractivity (Wildman–Crippen MR) is 131 cm³/mol. The van der Waals surface area contributed by atoms with Crippen molar-refractivity contribution in [2.75, 3.05) is 36.8 Å². The number of fused-ring (bicyclic) bond motifs is 1. The molecule has 3 rings (SSSR count). The molecule has 0 fully saturated rings. The van der Waals surface area contributed by atoms with Gasteiger partial charge in [-0.2, -0.15) is 0 Å². The van der Waals surface area contributed by atoms with Crippen molar-refractivity contribution in [1.82, 2.24) is 9.88 Å². The van der Waals surface area contributed by atoms with Crippen LogP contribution in [0, 0.1) is 13.8 Å². The number of nitrogens with zero attached hydrogens (tertiary/aromatic N) is 3. The smallest absolute Gasteiger partial charge is 0.261 e. The molecule has 0 atom stereocenters. The van der Waals surface area contributed by atoms with E-state index in [9.17, 15) is 4.79 Å². The fraction of sp³-hybridized carbons (Fsp3) is 0.417. The first-order chi connectivity index (χ1) is 14.5. The lowest BCUT2D eigenvalue weighted by atomic mass is 10.1. The summed E-state index contributed by atoms with van der Waals surface area (Å²) in [6, 6.07) is 12.2. The van der Waals surface area contributed by atoms with Crippen molar-refractivity contribution in [2.24, 2.45) is 0 Å². The zero-order valence-corrected chi connectivity index (χ0v) is 20.2. The number of hydrogen-bond acceptors (Lipinski definition) is 5. The van der Waals surface area contributed by atoms with Gasteiger partial charge in [0.15, 0.2) is 5.13 Å². The Bertz CT molecular complexity index is 1010. The van der Waals surface area contributed by atoms with Crippen molar-refractivity contribution in [3.8, 4) is 0 Å². The van der Waals surface area contributed by atoms with E-state index < -0.39 is 0 Å². The Kier molecular flexibility index (Phi) is 7.92. The molecule has 0 N–H and O–H groups in total. The molecule has 30 heavy (non-hydrogen) atoms. The van der Waals surface area contributed by atoms with Gasteiger partial charge < -0.3 is 4.90 Å². The van der Waals surface area contributed by atoms with E-state index in [2.05, 4.69) is 51.7 Å². The van der Waals surface area contributed by atoms with E-state index in [0.717, 1.165) is 56.8 Å². The Morgan fingerprint density at radius 1 is 1.07 bits per heavy atom. The van der Waals surface area contributed by atoms with Crippen LogP contribution in [0.2, 0.25) is 0 Å². The molecule has 1 amide bonds. The molecule has 0 bridgehead atoms. The van der Waals surface area contributed by atoms with Gasteiger partial charge in [-0.1, -0.05) is 50.3 Å². The highest BCUT2D eigenvalue weighted by Crippen LogP contribution is 2.33. The van der Waals surface area contributed by atoms with Gasteiger partial charge >= 0.3 is 0 Å². The third-order valence-electron chi connectivity index (χ3n) is 5.25. The Hall–Kier alpha value is -1.89. The number of likely N-dealkylation sites (N-methyl/N-ethyl adjacent to an activating group) is 1. The highest BCUT2D eigenvalue weighted by molar-refractivity contribution is 7.99. The minimum atomic E-state index is 0.0344. The number of thioether (sulfide) groups is 1. The van der Waals surface area contributed by atoms with E-state index in [1.807, 2.05) is 29.2 Å². The molecule has 3 aromatic rings. The van der Waals surface area contributed by atoms with Crippen LogP contribution in [0.4, 0.5) is 5.13 Å². The first kappa shape index (κ1) is 22.8. The third-order valence-corrected chi connectivity index (χ3v) is 7.23. The minimum Gasteiger partial charge on any atom is -0.302 e. The fourth-order valence-electron chi connectivity index (χ4n) is 3.61. The van der Waals surface area contributed by atoms with Gasteiger partial charge in [0.05, 0.1) is 15.8 Å². The molecule has 0 saturated carbocycles. The molecule has 1 heterocycles. The quantitative estimate of drug-likeness (QED) is 0.381. The van der Waals surface area contributed by atoms with Crippen molar-refractivity contribution in [3.63, 3.8) is 0 Å². The Balaban J connectivity index is 2.02. The van der Waals surface area contributed by atoms with Crippen LogP contribution in [0.25, 0.3) is 10.2 Å². The van der Waals surface area contributed by atoms with Gasteiger partial charge in [0.2, 0.25) is 0 Å². The Labute approximate surface area is 188 Å². The highest BCUT2D eigenvalue weighted by atomic mass is 32.2. The molecule has 0 unspecified atom stereocenters. The zero-order chi connectivity index (χ0) is 21.7. The number of carbonyl (C=O) groups excluding carboxylic acids is 1. The van der Waals surface area contributed by atoms with E-state index in [1.165, 1.54) is 5.56 Å². The van der Waals surface area contributed by atoms with Crippen LogP contribution in [-0.2, 0) is 0 Å². The monoisotopic (exact) mass is 441 g/mol. The number of rotatable bonds is 9. The second-order valence-corrected chi connectivity index (χ2v) is 9.65. The number of aryl methyl sites for hydroxylation is 2. The number of amides is 1. The summed E-state index contributed by atoms with van der Waals surface area (Å²) in [5.41, 5.74) is 4.14. The molecular formula is C24H31N3OS2. The normalized spacial score (nSPS) is 11.4. The molecule has 0 saturated heterocycles. The predicted octanol–water partition coefficient (Wildman–Crippen LogP) is 6.01. The average Bonchev–Trinajstić information content (AvgIpc) is 3.15. The average molecular weight is 442 g/mol. The first-order valence-electron chi connectivity index (χ1n) is 10.6. The van der Waals surface area contributed by atoms with Gasteiger partial charge in [0, 0.05) is 18.0 Å². The summed E-state index contributed by atoms with van der Waals surface area (Å²) in [4.78, 5) is 23.9. The van der Waals surface area contributed by atoms with E-state index in [4.69, 9.17) is 4.98 Å². The van der Waals surface area contributed by atoms with Crippen molar-refractivity contribution in [3.05, 3.63) is 53.1 Å². The standard InChI is InChI=1S/C24H31N3OS2/c1-6-26(7-2)13-14-27(23(28)19-11-9-10-12-20(19)29-8-3)24-25-22-18(5)15-17(4)16-21(22)30-24/h9-12,15-16H,6-8,13-14H2,1-5H3. The van der Waals surface area contributed by atoms with Crippen LogP contribution in [-0.4, -0.2) is 47.7 Å². The summed E-state index contributed by atoms with van der Waals surface area (Å²) in [6.07, 6.45) is 0. The van der Waals surface area contributed by atoms with Crippen LogP contribution in [0.5, 0.6) is 0 Å². The van der Waals surface area contributed by atoms with Gasteiger partial charge in [-0.3, -0.25) is 9.69 Å². The maximum absolute atomic E-state index is 13.7. The summed E-state index contributed by atoms with van der Waals surface area (Å²) in [7, 11) is 0. The van der Waals surface area contributed by atoms with Gasteiger partial charge in [0.25, 0.3) is 5.91 Å². The molecule has 2 aromatic carbocycles. The summed E-state index contributed by atoms with van der Waals surface area (Å²) in [5.74, 6) is 0.968. The number of thiazole rings is 1. The lowest BCUT2D eigenvalue weighted by Gasteiger charge is -2.25. The van der Waals surface area contributed by atoms with Gasteiger partial charge in [-0.25, -0.2) is 4.98 Å². The molecule has 1 aromatic heterocycles. The summed E-state index contributed by atoms with van der Waals surface area (Å²) >= 11 is 3.32. The van der Waals surface area contributed by atoms with Crippen LogP contribution >= 0.6 is 23.1 Å². The lowest BCUT2D eigenvalue weighted by Crippen LogP contribution is -2.39. The van der Waals surface area contributed by atoms with E-state index in [1.54, 1.807) is 23.1 Å². The van der Waals surface area contributed by atoms with E-state index in [-0.39, 0.29) is 5.91 Å². The van der Waals surface area contributed by atoms with Gasteiger partial charge in [-0.15, -0.1) is 11.8 Å². The van der Waals surface area contributed by atoms with Crippen LogP contribution in [0.3, 0.4) is 0 Å². The fourth-order valence-corrected chi connectivity index (χ4v) is 5.57. The van der Waals surface area contributed by atoms with Crippen molar-refractivity contribution >= 4 is 44.4 Å². The molecule has 0 aliphatic heterocycles. The topological polar surface area (TPSA) is 36.4 Å². The van der Waals surface area contributed by atoms with Crippen molar-refractivity contribution in [2.45, 2.75) is 39.5 Å². The largest absolute Gasteiger partial charge is 0.302 e. The van der Waals surface area contributed by atoms with Crippen LogP contribution in [0.15, 0.2) is 41.3 Å². The first-order valence-corrected chi connectivity index (χ1v) is 12.4. The Morgan fingerprint density at radius 2 is 1.80 bits per heavy atom. The van der Waals surface area contributed by atoms with Crippen LogP contribution < -0.4 is 4.90 Å². The number of benzene rings is 2. The maximum Gasteiger partial charge on any atom is 0.261 e. The van der Waals surface area contributed by atoms with Crippen molar-refractivity contribution < 1.29 is 4.79 Å². The molecule has 0 radical (unpaired) electrons. The molecule has 0 spiro atoms. The van der Waals surface area contributed by atoms with Gasteiger partial charge in [0.1, 0.15) is 0 Å². The summed E-state index contributed by atoms with van der Waals surface area (Å²) in [6.45, 7) is 14.0. The van der Waals surface area contributed by atoms with Crippen molar-refractivity contribution in [1.29, 1.82) is 0 Å².